The van der Waals surface area contributed by atoms with E-state index in [1.165, 1.54) is 9.47 Å². The van der Waals surface area contributed by atoms with Crippen LogP contribution in [0.1, 0.15) is 27.9 Å². The van der Waals surface area contributed by atoms with Crippen molar-refractivity contribution in [3.05, 3.63) is 57.5 Å². The molecule has 1 fully saturated rings. The minimum Gasteiger partial charge on any atom is -0.493 e. The summed E-state index contributed by atoms with van der Waals surface area (Å²) in [5.41, 5.74) is 1.38. The van der Waals surface area contributed by atoms with Crippen LogP contribution in [-0.4, -0.2) is 48.9 Å². The minimum absolute atomic E-state index is 0.0538. The Balaban J connectivity index is 1.80. The Bertz CT molecular complexity index is 925. The van der Waals surface area contributed by atoms with Gasteiger partial charge in [-0.05, 0) is 49.1 Å². The first-order chi connectivity index (χ1) is 13.4. The van der Waals surface area contributed by atoms with Gasteiger partial charge in [0.1, 0.15) is 11.7 Å². The number of hydrogen-bond donors (Lipinski definition) is 0. The Morgan fingerprint density at radius 1 is 1.21 bits per heavy atom. The van der Waals surface area contributed by atoms with Crippen molar-refractivity contribution in [2.24, 2.45) is 0 Å². The number of amides is 1. The average molecular weight is 388 g/mol. The molecule has 6 nitrogen and oxygen atoms in total. The first kappa shape index (κ1) is 19.9. The van der Waals surface area contributed by atoms with Crippen LogP contribution in [0.25, 0.3) is 0 Å². The van der Waals surface area contributed by atoms with Crippen molar-refractivity contribution in [1.29, 1.82) is 0 Å². The Morgan fingerprint density at radius 3 is 2.61 bits per heavy atom. The van der Waals surface area contributed by atoms with Gasteiger partial charge in [-0.1, -0.05) is 6.07 Å². The molecule has 1 aliphatic rings. The molecule has 7 heteroatoms. The van der Waals surface area contributed by atoms with Crippen LogP contribution in [-0.2, 0) is 13.0 Å². The summed E-state index contributed by atoms with van der Waals surface area (Å²) >= 11 is 0. The zero-order valence-corrected chi connectivity index (χ0v) is 16.4. The number of pyridine rings is 1. The van der Waals surface area contributed by atoms with Crippen molar-refractivity contribution in [1.82, 2.24) is 9.47 Å². The van der Waals surface area contributed by atoms with Gasteiger partial charge in [0.25, 0.3) is 11.5 Å². The van der Waals surface area contributed by atoms with Gasteiger partial charge in [-0.25, -0.2) is 4.39 Å². The van der Waals surface area contributed by atoms with E-state index in [1.54, 1.807) is 33.4 Å². The summed E-state index contributed by atoms with van der Waals surface area (Å²) < 4.78 is 25.5. The molecule has 1 aromatic heterocycles. The summed E-state index contributed by atoms with van der Waals surface area (Å²) in [6, 6.07) is 7.36. The van der Waals surface area contributed by atoms with Gasteiger partial charge in [-0.2, -0.15) is 0 Å². The Hall–Kier alpha value is -2.83. The van der Waals surface area contributed by atoms with Crippen LogP contribution in [0.5, 0.6) is 11.5 Å². The number of rotatable bonds is 6. The van der Waals surface area contributed by atoms with Crippen LogP contribution in [0, 0.1) is 6.92 Å². The van der Waals surface area contributed by atoms with E-state index in [0.29, 0.717) is 43.0 Å². The lowest BCUT2D eigenvalue weighted by Gasteiger charge is -2.17. The topological polar surface area (TPSA) is 60.8 Å². The summed E-state index contributed by atoms with van der Waals surface area (Å²) in [5.74, 6) is 0.883. The molecule has 0 unspecified atom stereocenters. The van der Waals surface area contributed by atoms with Crippen molar-refractivity contribution >= 4 is 5.91 Å². The number of carbonyl (C=O) groups is 1. The SMILES string of the molecule is COc1ccc(CCn2ccc(C)c(C(=O)N3CC[C@H](F)C3)c2=O)cc1OC. The molecule has 1 amide bonds. The van der Waals surface area contributed by atoms with Gasteiger partial charge in [-0.15, -0.1) is 0 Å². The van der Waals surface area contributed by atoms with Crippen LogP contribution in [0.3, 0.4) is 0 Å². The number of nitrogens with zero attached hydrogens (tertiary/aromatic N) is 2. The summed E-state index contributed by atoms with van der Waals surface area (Å²) in [4.78, 5) is 27.0. The molecule has 3 rings (SSSR count). The lowest BCUT2D eigenvalue weighted by Crippen LogP contribution is -2.36. The molecule has 1 atom stereocenters. The number of halogens is 1. The maximum Gasteiger partial charge on any atom is 0.263 e. The molecule has 1 aliphatic heterocycles. The van der Waals surface area contributed by atoms with E-state index < -0.39 is 6.17 Å². The molecule has 28 heavy (non-hydrogen) atoms. The van der Waals surface area contributed by atoms with Gasteiger partial charge < -0.3 is 18.9 Å². The van der Waals surface area contributed by atoms with Gasteiger partial charge in [-0.3, -0.25) is 9.59 Å². The normalized spacial score (nSPS) is 16.3. The van der Waals surface area contributed by atoms with Crippen LogP contribution < -0.4 is 15.0 Å². The molecule has 0 bridgehead atoms. The number of aromatic nitrogens is 1. The molecule has 0 radical (unpaired) electrons. The smallest absolute Gasteiger partial charge is 0.263 e. The Morgan fingerprint density at radius 2 is 1.96 bits per heavy atom. The van der Waals surface area contributed by atoms with Crippen LogP contribution in [0.15, 0.2) is 35.3 Å². The van der Waals surface area contributed by atoms with Crippen LogP contribution in [0.2, 0.25) is 0 Å². The van der Waals surface area contributed by atoms with E-state index in [1.807, 2.05) is 18.2 Å². The zero-order chi connectivity index (χ0) is 20.3. The number of likely N-dealkylation sites (tertiary alicyclic amines) is 1. The highest BCUT2D eigenvalue weighted by molar-refractivity contribution is 5.95. The van der Waals surface area contributed by atoms with Gasteiger partial charge in [0.2, 0.25) is 0 Å². The fourth-order valence-electron chi connectivity index (χ4n) is 3.45. The molecular formula is C21H25FN2O4. The molecule has 0 N–H and O–H groups in total. The second-order valence-electron chi connectivity index (χ2n) is 6.95. The van der Waals surface area contributed by atoms with E-state index in [2.05, 4.69) is 0 Å². The third-order valence-electron chi connectivity index (χ3n) is 5.09. The van der Waals surface area contributed by atoms with Gasteiger partial charge in [0.15, 0.2) is 11.5 Å². The number of carbonyl (C=O) groups excluding carboxylic acids is 1. The number of alkyl halides is 1. The van der Waals surface area contributed by atoms with Crippen LogP contribution in [0.4, 0.5) is 4.39 Å². The number of benzene rings is 1. The summed E-state index contributed by atoms with van der Waals surface area (Å²) in [6.45, 7) is 2.55. The Kier molecular flexibility index (Phi) is 6.02. The number of methoxy groups -OCH3 is 2. The van der Waals surface area contributed by atoms with E-state index in [-0.39, 0.29) is 23.6 Å². The molecule has 0 aliphatic carbocycles. The van der Waals surface area contributed by atoms with Crippen molar-refractivity contribution in [2.75, 3.05) is 27.3 Å². The standard InChI is InChI=1S/C21H25FN2O4/c1-14-6-9-23(10-7-15-4-5-17(27-2)18(12-15)28-3)20(25)19(14)21(26)24-11-8-16(22)13-24/h4-6,9,12,16H,7-8,10-11,13H2,1-3H3/t16-/m0/s1. The molecule has 1 aromatic carbocycles. The fourth-order valence-corrected chi connectivity index (χ4v) is 3.45. The molecule has 2 aromatic rings. The summed E-state index contributed by atoms with van der Waals surface area (Å²) in [6.07, 6.45) is 1.59. The summed E-state index contributed by atoms with van der Waals surface area (Å²) in [7, 11) is 3.15. The quantitative estimate of drug-likeness (QED) is 0.763. The van der Waals surface area contributed by atoms with E-state index in [9.17, 15) is 14.0 Å². The molecule has 0 saturated carbocycles. The lowest BCUT2D eigenvalue weighted by molar-refractivity contribution is 0.0779. The maximum absolute atomic E-state index is 13.5. The predicted octanol–water partition coefficient (Wildman–Crippen LogP) is 2.60. The minimum atomic E-state index is -1.01. The fraction of sp³-hybridized carbons (Fsp3) is 0.429. The third kappa shape index (κ3) is 4.03. The molecule has 0 spiro atoms. The first-order valence-corrected chi connectivity index (χ1v) is 9.29. The third-order valence-corrected chi connectivity index (χ3v) is 5.09. The highest BCUT2D eigenvalue weighted by Crippen LogP contribution is 2.27. The highest BCUT2D eigenvalue weighted by atomic mass is 19.1. The number of ether oxygens (including phenoxy) is 2. The van der Waals surface area contributed by atoms with Crippen molar-refractivity contribution < 1.29 is 18.7 Å². The van der Waals surface area contributed by atoms with Gasteiger partial charge >= 0.3 is 0 Å². The molecule has 2 heterocycles. The number of hydrogen-bond acceptors (Lipinski definition) is 4. The van der Waals surface area contributed by atoms with E-state index in [4.69, 9.17) is 9.47 Å². The van der Waals surface area contributed by atoms with Gasteiger partial charge in [0.05, 0.1) is 20.8 Å². The van der Waals surface area contributed by atoms with Crippen molar-refractivity contribution in [3.63, 3.8) is 0 Å². The predicted molar refractivity (Wildman–Crippen MR) is 104 cm³/mol. The number of aryl methyl sites for hydroxylation is 3. The van der Waals surface area contributed by atoms with E-state index >= 15 is 0 Å². The monoisotopic (exact) mass is 388 g/mol. The largest absolute Gasteiger partial charge is 0.493 e. The molecule has 1 saturated heterocycles. The van der Waals surface area contributed by atoms with Crippen LogP contribution >= 0.6 is 0 Å². The lowest BCUT2D eigenvalue weighted by atomic mass is 10.1. The van der Waals surface area contributed by atoms with Crippen molar-refractivity contribution in [2.45, 2.75) is 32.5 Å². The molecule has 150 valence electrons. The average Bonchev–Trinajstić information content (AvgIpc) is 3.13. The van der Waals surface area contributed by atoms with Gasteiger partial charge in [0, 0.05) is 19.3 Å². The first-order valence-electron chi connectivity index (χ1n) is 9.29. The zero-order valence-electron chi connectivity index (χ0n) is 16.4. The second-order valence-corrected chi connectivity index (χ2v) is 6.95. The molecular weight excluding hydrogens is 363 g/mol. The highest BCUT2D eigenvalue weighted by Gasteiger charge is 2.29. The van der Waals surface area contributed by atoms with Crippen molar-refractivity contribution in [3.8, 4) is 11.5 Å². The summed E-state index contributed by atoms with van der Waals surface area (Å²) in [5, 5.41) is 0. The second kappa shape index (κ2) is 8.46. The Labute approximate surface area is 163 Å². The van der Waals surface area contributed by atoms with E-state index in [0.717, 1.165) is 5.56 Å². The maximum atomic E-state index is 13.5.